The van der Waals surface area contributed by atoms with Crippen LogP contribution in [-0.2, 0) is 11.3 Å². The number of carbonyl (C=O) groups excluding carboxylic acids is 1. The summed E-state index contributed by atoms with van der Waals surface area (Å²) >= 11 is 7.47. The molecular formula is C16H21ClN4OS. The zero-order valence-electron chi connectivity index (χ0n) is 13.3. The van der Waals surface area contributed by atoms with E-state index in [2.05, 4.69) is 22.4 Å². The molecular weight excluding hydrogens is 332 g/mol. The molecule has 0 unspecified atom stereocenters. The number of hydrogen-bond acceptors (Lipinski definition) is 4. The predicted molar refractivity (Wildman–Crippen MR) is 94.9 cm³/mol. The average Bonchev–Trinajstić information content (AvgIpc) is 2.97. The van der Waals surface area contributed by atoms with Gasteiger partial charge in [-0.05, 0) is 25.5 Å². The van der Waals surface area contributed by atoms with E-state index in [0.29, 0.717) is 10.7 Å². The standard InChI is InChI=1S/C16H21ClN4OS/c1-3-4-7-10-21-11-18-20-16(21)23-12(2)15(22)19-14-9-6-5-8-13(14)17/h5-6,8-9,11-12H,3-4,7,10H2,1-2H3,(H,19,22)/t12-/m1/s1. The first kappa shape index (κ1) is 17.8. The van der Waals surface area contributed by atoms with Gasteiger partial charge in [0.15, 0.2) is 5.16 Å². The van der Waals surface area contributed by atoms with Crippen LogP contribution in [0.5, 0.6) is 0 Å². The predicted octanol–water partition coefficient (Wildman–Crippen LogP) is 4.24. The van der Waals surface area contributed by atoms with E-state index in [9.17, 15) is 4.79 Å². The Labute approximate surface area is 145 Å². The number of carbonyl (C=O) groups is 1. The van der Waals surface area contributed by atoms with Crippen molar-refractivity contribution in [3.8, 4) is 0 Å². The summed E-state index contributed by atoms with van der Waals surface area (Å²) in [6.07, 6.45) is 5.14. The summed E-state index contributed by atoms with van der Waals surface area (Å²) < 4.78 is 2.00. The summed E-state index contributed by atoms with van der Waals surface area (Å²) in [5.74, 6) is -0.105. The van der Waals surface area contributed by atoms with Crippen LogP contribution < -0.4 is 5.32 Å². The molecule has 124 valence electrons. The number of anilines is 1. The maximum atomic E-state index is 12.3. The van der Waals surface area contributed by atoms with Crippen LogP contribution in [0.1, 0.15) is 33.1 Å². The molecule has 1 N–H and O–H groups in total. The van der Waals surface area contributed by atoms with Crippen molar-refractivity contribution < 1.29 is 4.79 Å². The summed E-state index contributed by atoms with van der Waals surface area (Å²) in [6.45, 7) is 4.90. The molecule has 1 heterocycles. The monoisotopic (exact) mass is 352 g/mol. The van der Waals surface area contributed by atoms with Gasteiger partial charge >= 0.3 is 0 Å². The molecule has 0 aliphatic carbocycles. The van der Waals surface area contributed by atoms with Crippen molar-refractivity contribution in [2.75, 3.05) is 5.32 Å². The van der Waals surface area contributed by atoms with Crippen molar-refractivity contribution in [1.29, 1.82) is 0 Å². The number of unbranched alkanes of at least 4 members (excludes halogenated alkanes) is 2. The Kier molecular flexibility index (Phi) is 6.92. The minimum atomic E-state index is -0.291. The lowest BCUT2D eigenvalue weighted by Gasteiger charge is -2.13. The summed E-state index contributed by atoms with van der Waals surface area (Å²) in [4.78, 5) is 12.3. The lowest BCUT2D eigenvalue weighted by molar-refractivity contribution is -0.115. The van der Waals surface area contributed by atoms with Crippen LogP contribution in [0.25, 0.3) is 0 Å². The van der Waals surface area contributed by atoms with Gasteiger partial charge in [0.25, 0.3) is 0 Å². The number of aromatic nitrogens is 3. The van der Waals surface area contributed by atoms with E-state index < -0.39 is 0 Å². The molecule has 0 saturated carbocycles. The van der Waals surface area contributed by atoms with Crippen molar-refractivity contribution in [3.05, 3.63) is 35.6 Å². The topological polar surface area (TPSA) is 59.8 Å². The largest absolute Gasteiger partial charge is 0.324 e. The van der Waals surface area contributed by atoms with E-state index >= 15 is 0 Å². The molecule has 1 aromatic heterocycles. The Hall–Kier alpha value is -1.53. The highest BCUT2D eigenvalue weighted by Crippen LogP contribution is 2.25. The van der Waals surface area contributed by atoms with Crippen LogP contribution in [-0.4, -0.2) is 25.9 Å². The van der Waals surface area contributed by atoms with E-state index in [1.165, 1.54) is 24.6 Å². The van der Waals surface area contributed by atoms with Crippen LogP contribution in [0.3, 0.4) is 0 Å². The molecule has 7 heteroatoms. The number of para-hydroxylation sites is 1. The molecule has 0 saturated heterocycles. The number of halogens is 1. The molecule has 0 aliphatic heterocycles. The fourth-order valence-electron chi connectivity index (χ4n) is 2.03. The summed E-state index contributed by atoms with van der Waals surface area (Å²) in [5, 5.41) is 11.9. The van der Waals surface area contributed by atoms with Crippen molar-refractivity contribution in [1.82, 2.24) is 14.8 Å². The van der Waals surface area contributed by atoms with Crippen molar-refractivity contribution in [3.63, 3.8) is 0 Å². The lowest BCUT2D eigenvalue weighted by Crippen LogP contribution is -2.23. The first-order valence-corrected chi connectivity index (χ1v) is 8.97. The first-order valence-electron chi connectivity index (χ1n) is 7.71. The number of hydrogen-bond donors (Lipinski definition) is 1. The van der Waals surface area contributed by atoms with Gasteiger partial charge < -0.3 is 9.88 Å². The van der Waals surface area contributed by atoms with Gasteiger partial charge in [0.2, 0.25) is 5.91 Å². The van der Waals surface area contributed by atoms with Gasteiger partial charge in [-0.25, -0.2) is 0 Å². The zero-order valence-corrected chi connectivity index (χ0v) is 14.9. The molecule has 1 atom stereocenters. The maximum absolute atomic E-state index is 12.3. The fourth-order valence-corrected chi connectivity index (χ4v) is 3.06. The average molecular weight is 353 g/mol. The number of nitrogens with zero attached hydrogens (tertiary/aromatic N) is 3. The van der Waals surface area contributed by atoms with E-state index in [1.54, 1.807) is 18.5 Å². The third kappa shape index (κ3) is 5.25. The Bertz CT molecular complexity index is 647. The molecule has 0 spiro atoms. The highest BCUT2D eigenvalue weighted by molar-refractivity contribution is 8.00. The second-order valence-corrected chi connectivity index (χ2v) is 6.96. The van der Waals surface area contributed by atoms with E-state index in [-0.39, 0.29) is 11.2 Å². The SMILES string of the molecule is CCCCCn1cnnc1S[C@H](C)C(=O)Nc1ccccc1Cl. The molecule has 23 heavy (non-hydrogen) atoms. The molecule has 2 rings (SSSR count). The number of rotatable bonds is 8. The quantitative estimate of drug-likeness (QED) is 0.570. The minimum absolute atomic E-state index is 0.105. The van der Waals surface area contributed by atoms with Gasteiger partial charge in [0.1, 0.15) is 6.33 Å². The number of amides is 1. The third-order valence-corrected chi connectivity index (χ3v) is 4.79. The smallest absolute Gasteiger partial charge is 0.237 e. The number of thioether (sulfide) groups is 1. The Morgan fingerprint density at radius 3 is 2.91 bits per heavy atom. The van der Waals surface area contributed by atoms with Crippen LogP contribution in [0.2, 0.25) is 5.02 Å². The molecule has 0 aliphatic rings. The Morgan fingerprint density at radius 2 is 2.17 bits per heavy atom. The molecule has 0 radical (unpaired) electrons. The van der Waals surface area contributed by atoms with Crippen molar-refractivity contribution in [2.45, 2.75) is 50.1 Å². The van der Waals surface area contributed by atoms with Gasteiger partial charge in [0.05, 0.1) is 16.0 Å². The van der Waals surface area contributed by atoms with Gasteiger partial charge in [0, 0.05) is 6.54 Å². The molecule has 0 fully saturated rings. The lowest BCUT2D eigenvalue weighted by atomic mass is 10.2. The summed E-state index contributed by atoms with van der Waals surface area (Å²) in [7, 11) is 0. The Morgan fingerprint density at radius 1 is 1.39 bits per heavy atom. The fraction of sp³-hybridized carbons (Fsp3) is 0.438. The minimum Gasteiger partial charge on any atom is -0.324 e. The normalized spacial score (nSPS) is 12.1. The van der Waals surface area contributed by atoms with Gasteiger partial charge in [-0.2, -0.15) is 0 Å². The Balaban J connectivity index is 1.94. The molecule has 0 bridgehead atoms. The maximum Gasteiger partial charge on any atom is 0.237 e. The zero-order chi connectivity index (χ0) is 16.7. The third-order valence-electron chi connectivity index (χ3n) is 3.37. The second-order valence-electron chi connectivity index (χ2n) is 5.24. The molecule has 2 aromatic rings. The van der Waals surface area contributed by atoms with Crippen molar-refractivity contribution >= 4 is 35.0 Å². The van der Waals surface area contributed by atoms with E-state index in [4.69, 9.17) is 11.6 Å². The van der Waals surface area contributed by atoms with Crippen LogP contribution in [0.15, 0.2) is 35.7 Å². The van der Waals surface area contributed by atoms with Crippen LogP contribution in [0, 0.1) is 0 Å². The van der Waals surface area contributed by atoms with Crippen LogP contribution in [0.4, 0.5) is 5.69 Å². The number of nitrogens with one attached hydrogen (secondary N) is 1. The molecule has 1 amide bonds. The number of benzene rings is 1. The van der Waals surface area contributed by atoms with E-state index in [0.717, 1.165) is 18.1 Å². The van der Waals surface area contributed by atoms with Gasteiger partial charge in [-0.3, -0.25) is 4.79 Å². The highest BCUT2D eigenvalue weighted by Gasteiger charge is 2.18. The summed E-state index contributed by atoms with van der Waals surface area (Å²) in [6, 6.07) is 7.20. The number of aryl methyl sites for hydroxylation is 1. The van der Waals surface area contributed by atoms with Gasteiger partial charge in [-0.1, -0.05) is 55.3 Å². The molecule has 5 nitrogen and oxygen atoms in total. The van der Waals surface area contributed by atoms with Crippen molar-refractivity contribution in [2.24, 2.45) is 0 Å². The summed E-state index contributed by atoms with van der Waals surface area (Å²) in [5.41, 5.74) is 0.621. The second kappa shape index (κ2) is 8.93. The first-order chi connectivity index (χ1) is 11.1. The molecule has 1 aromatic carbocycles. The van der Waals surface area contributed by atoms with Crippen LogP contribution >= 0.6 is 23.4 Å². The van der Waals surface area contributed by atoms with E-state index in [1.807, 2.05) is 23.6 Å². The van der Waals surface area contributed by atoms with Gasteiger partial charge in [-0.15, -0.1) is 10.2 Å². The highest BCUT2D eigenvalue weighted by atomic mass is 35.5.